The summed E-state index contributed by atoms with van der Waals surface area (Å²) < 4.78 is 26.9. The fraction of sp³-hybridized carbons (Fsp3) is 0.625. The molecule has 0 radical (unpaired) electrons. The van der Waals surface area contributed by atoms with Gasteiger partial charge in [-0.3, -0.25) is 0 Å². The third-order valence-corrected chi connectivity index (χ3v) is 5.93. The average Bonchev–Trinajstić information content (AvgIpc) is 2.76. The van der Waals surface area contributed by atoms with Crippen LogP contribution in [0.25, 0.3) is 0 Å². The molecule has 2 rings (SSSR count). The van der Waals surface area contributed by atoms with Gasteiger partial charge in [-0.1, -0.05) is 38.1 Å². The van der Waals surface area contributed by atoms with E-state index in [2.05, 4.69) is 19.2 Å². The van der Waals surface area contributed by atoms with Gasteiger partial charge >= 0.3 is 0 Å². The second kappa shape index (κ2) is 6.90. The van der Waals surface area contributed by atoms with Crippen LogP contribution in [0.5, 0.6) is 0 Å². The van der Waals surface area contributed by atoms with Gasteiger partial charge in [0.1, 0.15) is 0 Å². The maximum atomic E-state index is 12.6. The predicted octanol–water partition coefficient (Wildman–Crippen LogP) is 2.36. The molecule has 1 aliphatic heterocycles. The van der Waals surface area contributed by atoms with Crippen LogP contribution in [0.15, 0.2) is 24.3 Å². The molecule has 0 aliphatic carbocycles. The quantitative estimate of drug-likeness (QED) is 0.877. The number of hydrogen-bond acceptors (Lipinski definition) is 3. The summed E-state index contributed by atoms with van der Waals surface area (Å²) in [6.07, 6.45) is 0.958. The van der Waals surface area contributed by atoms with Crippen molar-refractivity contribution < 1.29 is 8.42 Å². The molecule has 0 saturated carbocycles. The van der Waals surface area contributed by atoms with Crippen LogP contribution in [0.4, 0.5) is 0 Å². The summed E-state index contributed by atoms with van der Waals surface area (Å²) in [6.45, 7) is 8.52. The van der Waals surface area contributed by atoms with Crippen molar-refractivity contribution in [3.8, 4) is 0 Å². The summed E-state index contributed by atoms with van der Waals surface area (Å²) in [4.78, 5) is 0. The Labute approximate surface area is 128 Å². The number of benzene rings is 1. The molecule has 1 fully saturated rings. The predicted molar refractivity (Wildman–Crippen MR) is 86.4 cm³/mol. The highest BCUT2D eigenvalue weighted by Gasteiger charge is 2.34. The van der Waals surface area contributed by atoms with Crippen molar-refractivity contribution in [2.75, 3.05) is 13.1 Å². The minimum Gasteiger partial charge on any atom is -0.313 e. The summed E-state index contributed by atoms with van der Waals surface area (Å²) >= 11 is 0. The fourth-order valence-corrected chi connectivity index (χ4v) is 4.92. The lowest BCUT2D eigenvalue weighted by molar-refractivity contribution is 0.405. The summed E-state index contributed by atoms with van der Waals surface area (Å²) in [6, 6.07) is 7.98. The van der Waals surface area contributed by atoms with Gasteiger partial charge in [-0.15, -0.1) is 0 Å². The first-order valence-corrected chi connectivity index (χ1v) is 9.31. The largest absolute Gasteiger partial charge is 0.313 e. The molecule has 118 valence electrons. The van der Waals surface area contributed by atoms with Crippen molar-refractivity contribution in [2.24, 2.45) is 5.92 Å². The molecule has 1 N–H and O–H groups in total. The van der Waals surface area contributed by atoms with Crippen LogP contribution >= 0.6 is 0 Å². The number of rotatable bonds is 6. The standard InChI is InChI=1S/C16H26N2O2S/c1-4-17-10-15-6-5-7-16(9-15)12-21(19,20)18-11-13(2)8-14(18)3/h5-7,9,13-14,17H,4,8,10-12H2,1-3H3. The Morgan fingerprint density at radius 2 is 2.00 bits per heavy atom. The summed E-state index contributed by atoms with van der Waals surface area (Å²) in [7, 11) is -3.22. The molecule has 0 bridgehead atoms. The Hall–Kier alpha value is -0.910. The van der Waals surface area contributed by atoms with Crippen molar-refractivity contribution >= 4 is 10.0 Å². The topological polar surface area (TPSA) is 49.4 Å². The van der Waals surface area contributed by atoms with Crippen molar-refractivity contribution in [1.82, 2.24) is 9.62 Å². The van der Waals surface area contributed by atoms with Gasteiger partial charge in [0.15, 0.2) is 0 Å². The summed E-state index contributed by atoms with van der Waals surface area (Å²) in [5.41, 5.74) is 2.00. The highest BCUT2D eigenvalue weighted by molar-refractivity contribution is 7.88. The Morgan fingerprint density at radius 3 is 2.62 bits per heavy atom. The summed E-state index contributed by atoms with van der Waals surface area (Å²) in [5, 5.41) is 3.26. The average molecular weight is 310 g/mol. The van der Waals surface area contributed by atoms with Gasteiger partial charge in [-0.05, 0) is 36.9 Å². The van der Waals surface area contributed by atoms with Crippen LogP contribution in [0.2, 0.25) is 0 Å². The van der Waals surface area contributed by atoms with Crippen molar-refractivity contribution in [3.63, 3.8) is 0 Å². The van der Waals surface area contributed by atoms with Gasteiger partial charge < -0.3 is 5.32 Å². The molecule has 5 heteroatoms. The molecular formula is C16H26N2O2S. The van der Waals surface area contributed by atoms with E-state index >= 15 is 0 Å². The zero-order valence-electron chi connectivity index (χ0n) is 13.2. The number of nitrogens with zero attached hydrogens (tertiary/aromatic N) is 1. The molecule has 1 aromatic carbocycles. The lowest BCUT2D eigenvalue weighted by Crippen LogP contribution is -2.34. The van der Waals surface area contributed by atoms with Crippen LogP contribution in [0.1, 0.15) is 38.3 Å². The van der Waals surface area contributed by atoms with E-state index in [1.807, 2.05) is 31.2 Å². The molecule has 2 unspecified atom stereocenters. The molecule has 0 aromatic heterocycles. The molecule has 1 aromatic rings. The van der Waals surface area contributed by atoms with Crippen LogP contribution in [-0.2, 0) is 22.3 Å². The molecule has 0 amide bonds. The SMILES string of the molecule is CCNCc1cccc(CS(=O)(=O)N2CC(C)CC2C)c1. The first-order chi connectivity index (χ1) is 9.92. The van der Waals surface area contributed by atoms with Gasteiger partial charge in [0, 0.05) is 19.1 Å². The monoisotopic (exact) mass is 310 g/mol. The second-order valence-electron chi connectivity index (χ2n) is 6.12. The van der Waals surface area contributed by atoms with E-state index in [9.17, 15) is 8.42 Å². The molecule has 2 atom stereocenters. The molecular weight excluding hydrogens is 284 g/mol. The van der Waals surface area contributed by atoms with Crippen molar-refractivity contribution in [2.45, 2.75) is 45.5 Å². The lowest BCUT2D eigenvalue weighted by atomic mass is 10.1. The lowest BCUT2D eigenvalue weighted by Gasteiger charge is -2.21. The Kier molecular flexibility index (Phi) is 5.41. The van der Waals surface area contributed by atoms with Crippen molar-refractivity contribution in [3.05, 3.63) is 35.4 Å². The number of sulfonamides is 1. The number of hydrogen-bond donors (Lipinski definition) is 1. The third-order valence-electron chi connectivity index (χ3n) is 4.00. The first-order valence-electron chi connectivity index (χ1n) is 7.70. The van der Waals surface area contributed by atoms with E-state index in [0.717, 1.165) is 30.6 Å². The molecule has 1 aliphatic rings. The number of nitrogens with one attached hydrogen (secondary N) is 1. The normalized spacial score (nSPS) is 23.6. The minimum atomic E-state index is -3.22. The maximum absolute atomic E-state index is 12.6. The van der Waals surface area contributed by atoms with Crippen LogP contribution in [-0.4, -0.2) is 31.9 Å². The zero-order valence-corrected chi connectivity index (χ0v) is 14.0. The van der Waals surface area contributed by atoms with E-state index in [4.69, 9.17) is 0 Å². The molecule has 21 heavy (non-hydrogen) atoms. The van der Waals surface area contributed by atoms with E-state index in [-0.39, 0.29) is 11.8 Å². The van der Waals surface area contributed by atoms with Gasteiger partial charge in [0.25, 0.3) is 0 Å². The second-order valence-corrected chi connectivity index (χ2v) is 8.04. The fourth-order valence-electron chi connectivity index (χ4n) is 3.04. The van der Waals surface area contributed by atoms with Crippen LogP contribution in [0.3, 0.4) is 0 Å². The highest BCUT2D eigenvalue weighted by atomic mass is 32.2. The van der Waals surface area contributed by atoms with Crippen molar-refractivity contribution in [1.29, 1.82) is 0 Å². The summed E-state index contributed by atoms with van der Waals surface area (Å²) in [5.74, 6) is 0.555. The van der Waals surface area contributed by atoms with Gasteiger partial charge in [-0.2, -0.15) is 4.31 Å². The maximum Gasteiger partial charge on any atom is 0.218 e. The molecule has 4 nitrogen and oxygen atoms in total. The van der Waals surface area contributed by atoms with Gasteiger partial charge in [0.2, 0.25) is 10.0 Å². The van der Waals surface area contributed by atoms with E-state index in [1.54, 1.807) is 4.31 Å². The Morgan fingerprint density at radius 1 is 1.29 bits per heavy atom. The Balaban J connectivity index is 2.09. The van der Waals surface area contributed by atoms with E-state index < -0.39 is 10.0 Å². The van der Waals surface area contributed by atoms with E-state index in [1.165, 1.54) is 0 Å². The smallest absolute Gasteiger partial charge is 0.218 e. The highest BCUT2D eigenvalue weighted by Crippen LogP contribution is 2.27. The van der Waals surface area contributed by atoms with E-state index in [0.29, 0.717) is 12.5 Å². The molecule has 0 spiro atoms. The van der Waals surface area contributed by atoms with Crippen LogP contribution < -0.4 is 5.32 Å². The van der Waals surface area contributed by atoms with Gasteiger partial charge in [-0.25, -0.2) is 8.42 Å². The molecule has 1 heterocycles. The zero-order chi connectivity index (χ0) is 15.5. The van der Waals surface area contributed by atoms with Gasteiger partial charge in [0.05, 0.1) is 5.75 Å². The third kappa shape index (κ3) is 4.28. The minimum absolute atomic E-state index is 0.101. The van der Waals surface area contributed by atoms with Crippen LogP contribution in [0, 0.1) is 5.92 Å². The first kappa shape index (κ1) is 16.5. The molecule has 1 saturated heterocycles. The Bertz CT molecular complexity index is 571.